The van der Waals surface area contributed by atoms with E-state index >= 15 is 0 Å². The number of aryl methyl sites for hydroxylation is 1. The predicted octanol–water partition coefficient (Wildman–Crippen LogP) is 2.34. The Morgan fingerprint density at radius 1 is 1.46 bits per heavy atom. The molecule has 0 fully saturated rings. The summed E-state index contributed by atoms with van der Waals surface area (Å²) in [7, 11) is 1.98. The van der Waals surface area contributed by atoms with Crippen molar-refractivity contribution in [2.75, 3.05) is 13.6 Å². The second kappa shape index (κ2) is 4.72. The van der Waals surface area contributed by atoms with Gasteiger partial charge in [-0.15, -0.1) is 11.3 Å². The largest absolute Gasteiger partial charge is 0.319 e. The summed E-state index contributed by atoms with van der Waals surface area (Å²) in [6, 6.07) is 0. The van der Waals surface area contributed by atoms with Crippen molar-refractivity contribution in [2.45, 2.75) is 33.1 Å². The van der Waals surface area contributed by atoms with E-state index in [0.717, 1.165) is 13.0 Å². The summed E-state index contributed by atoms with van der Waals surface area (Å²) in [4.78, 5) is 6.00. The molecule has 1 aromatic heterocycles. The minimum atomic E-state index is 0.555. The maximum Gasteiger partial charge on any atom is 0.0943 e. The molecule has 0 aliphatic carbocycles. The molecule has 0 spiro atoms. The lowest BCUT2D eigenvalue weighted by Crippen LogP contribution is -2.10. The second-order valence-corrected chi connectivity index (χ2v) is 4.85. The molecule has 74 valence electrons. The van der Waals surface area contributed by atoms with Crippen LogP contribution in [0.4, 0.5) is 0 Å². The number of nitrogens with one attached hydrogen (secondary N) is 1. The van der Waals surface area contributed by atoms with Gasteiger partial charge in [-0.3, -0.25) is 0 Å². The molecule has 0 aliphatic rings. The first-order valence-corrected chi connectivity index (χ1v) is 5.57. The van der Waals surface area contributed by atoms with Crippen molar-refractivity contribution in [1.82, 2.24) is 10.3 Å². The Hall–Kier alpha value is -0.410. The zero-order valence-corrected chi connectivity index (χ0v) is 9.66. The summed E-state index contributed by atoms with van der Waals surface area (Å²) in [5.74, 6) is 0.555. The van der Waals surface area contributed by atoms with Crippen molar-refractivity contribution in [3.8, 4) is 0 Å². The van der Waals surface area contributed by atoms with Gasteiger partial charge in [-0.2, -0.15) is 0 Å². The monoisotopic (exact) mass is 198 g/mol. The topological polar surface area (TPSA) is 24.9 Å². The van der Waals surface area contributed by atoms with Gasteiger partial charge < -0.3 is 5.32 Å². The Bertz CT molecular complexity index is 266. The lowest BCUT2D eigenvalue weighted by atomic mass is 10.1. The van der Waals surface area contributed by atoms with Gasteiger partial charge in [-0.1, -0.05) is 13.8 Å². The molecule has 0 unspecified atom stereocenters. The number of thiazole rings is 1. The number of nitrogens with zero attached hydrogens (tertiary/aromatic N) is 1. The van der Waals surface area contributed by atoms with Gasteiger partial charge >= 0.3 is 0 Å². The number of hydrogen-bond donors (Lipinski definition) is 1. The molecule has 0 atom stereocenters. The molecule has 0 saturated carbocycles. The smallest absolute Gasteiger partial charge is 0.0943 e. The molecular weight excluding hydrogens is 180 g/mol. The SMILES string of the molecule is CNCCc1nc(C(C)C)c(C)s1. The van der Waals surface area contributed by atoms with Crippen molar-refractivity contribution < 1.29 is 0 Å². The van der Waals surface area contributed by atoms with Crippen molar-refractivity contribution >= 4 is 11.3 Å². The average Bonchev–Trinajstić information content (AvgIpc) is 2.43. The first-order valence-electron chi connectivity index (χ1n) is 4.76. The second-order valence-electron chi connectivity index (χ2n) is 3.56. The lowest BCUT2D eigenvalue weighted by molar-refractivity contribution is 0.770. The highest BCUT2D eigenvalue weighted by atomic mass is 32.1. The van der Waals surface area contributed by atoms with Crippen LogP contribution >= 0.6 is 11.3 Å². The molecule has 1 heterocycles. The van der Waals surface area contributed by atoms with Crippen molar-refractivity contribution in [3.63, 3.8) is 0 Å². The van der Waals surface area contributed by atoms with Gasteiger partial charge in [0.2, 0.25) is 0 Å². The molecule has 1 aromatic rings. The third kappa shape index (κ3) is 2.78. The lowest BCUT2D eigenvalue weighted by Gasteiger charge is -1.99. The Morgan fingerprint density at radius 3 is 2.62 bits per heavy atom. The molecule has 3 heteroatoms. The zero-order valence-electron chi connectivity index (χ0n) is 8.85. The van der Waals surface area contributed by atoms with Crippen molar-refractivity contribution in [3.05, 3.63) is 15.6 Å². The maximum atomic E-state index is 4.63. The van der Waals surface area contributed by atoms with Gasteiger partial charge in [0.15, 0.2) is 0 Å². The number of likely N-dealkylation sites (N-methyl/N-ethyl adjacent to an activating group) is 1. The minimum absolute atomic E-state index is 0.555. The quantitative estimate of drug-likeness (QED) is 0.803. The van der Waals surface area contributed by atoms with Crippen LogP contribution in [-0.4, -0.2) is 18.6 Å². The molecule has 0 bridgehead atoms. The van der Waals surface area contributed by atoms with Crippen LogP contribution in [-0.2, 0) is 6.42 Å². The molecular formula is C10H18N2S. The highest BCUT2D eigenvalue weighted by molar-refractivity contribution is 7.11. The predicted molar refractivity (Wildman–Crippen MR) is 58.6 cm³/mol. The van der Waals surface area contributed by atoms with Gasteiger partial charge in [0.05, 0.1) is 10.7 Å². The summed E-state index contributed by atoms with van der Waals surface area (Å²) in [6.45, 7) is 7.58. The van der Waals surface area contributed by atoms with Gasteiger partial charge in [0.25, 0.3) is 0 Å². The van der Waals surface area contributed by atoms with Crippen LogP contribution in [0.5, 0.6) is 0 Å². The fourth-order valence-corrected chi connectivity index (χ4v) is 2.43. The first-order chi connectivity index (χ1) is 6.15. The molecule has 0 radical (unpaired) electrons. The van der Waals surface area contributed by atoms with Crippen LogP contribution < -0.4 is 5.32 Å². The minimum Gasteiger partial charge on any atom is -0.319 e. The van der Waals surface area contributed by atoms with Crippen LogP contribution in [0, 0.1) is 6.92 Å². The third-order valence-electron chi connectivity index (χ3n) is 2.01. The summed E-state index contributed by atoms with van der Waals surface area (Å²) < 4.78 is 0. The molecule has 1 rings (SSSR count). The van der Waals surface area contributed by atoms with E-state index in [-0.39, 0.29) is 0 Å². The van der Waals surface area contributed by atoms with E-state index in [1.807, 2.05) is 18.4 Å². The molecule has 0 aliphatic heterocycles. The van der Waals surface area contributed by atoms with Crippen molar-refractivity contribution in [2.24, 2.45) is 0 Å². The number of hydrogen-bond acceptors (Lipinski definition) is 3. The molecule has 1 N–H and O–H groups in total. The molecule has 13 heavy (non-hydrogen) atoms. The summed E-state index contributed by atoms with van der Waals surface area (Å²) in [5.41, 5.74) is 1.27. The van der Waals surface area contributed by atoms with Crippen LogP contribution in [0.25, 0.3) is 0 Å². The van der Waals surface area contributed by atoms with Crippen LogP contribution in [0.3, 0.4) is 0 Å². The molecule has 0 aromatic carbocycles. The fourth-order valence-electron chi connectivity index (χ4n) is 1.34. The zero-order chi connectivity index (χ0) is 9.84. The standard InChI is InChI=1S/C10H18N2S/c1-7(2)10-8(3)13-9(12-10)5-6-11-4/h7,11H,5-6H2,1-4H3. The van der Waals surface area contributed by atoms with E-state index in [0.29, 0.717) is 5.92 Å². The van der Waals surface area contributed by atoms with E-state index in [4.69, 9.17) is 0 Å². The van der Waals surface area contributed by atoms with Crippen LogP contribution in [0.15, 0.2) is 0 Å². The molecule has 0 saturated heterocycles. The third-order valence-corrected chi connectivity index (χ3v) is 3.06. The van der Waals surface area contributed by atoms with E-state index in [9.17, 15) is 0 Å². The molecule has 2 nitrogen and oxygen atoms in total. The Labute approximate surface area is 84.4 Å². The van der Waals surface area contributed by atoms with Crippen LogP contribution in [0.1, 0.15) is 35.3 Å². The Morgan fingerprint density at radius 2 is 2.15 bits per heavy atom. The summed E-state index contributed by atoms with van der Waals surface area (Å²) in [5, 5.41) is 4.40. The number of rotatable bonds is 4. The highest BCUT2D eigenvalue weighted by Gasteiger charge is 2.09. The van der Waals surface area contributed by atoms with E-state index in [1.165, 1.54) is 15.6 Å². The normalized spacial score (nSPS) is 11.2. The van der Waals surface area contributed by atoms with Gasteiger partial charge in [0, 0.05) is 17.8 Å². The van der Waals surface area contributed by atoms with E-state index in [1.54, 1.807) is 0 Å². The Balaban J connectivity index is 2.71. The summed E-state index contributed by atoms with van der Waals surface area (Å²) >= 11 is 1.83. The van der Waals surface area contributed by atoms with Crippen LogP contribution in [0.2, 0.25) is 0 Å². The van der Waals surface area contributed by atoms with Gasteiger partial charge in [-0.25, -0.2) is 4.98 Å². The fraction of sp³-hybridized carbons (Fsp3) is 0.700. The van der Waals surface area contributed by atoms with Crippen molar-refractivity contribution in [1.29, 1.82) is 0 Å². The average molecular weight is 198 g/mol. The van der Waals surface area contributed by atoms with Gasteiger partial charge in [0.1, 0.15) is 0 Å². The van der Waals surface area contributed by atoms with E-state index < -0.39 is 0 Å². The van der Waals surface area contributed by atoms with E-state index in [2.05, 4.69) is 31.1 Å². The first kappa shape index (κ1) is 10.7. The Kier molecular flexibility index (Phi) is 3.88. The highest BCUT2D eigenvalue weighted by Crippen LogP contribution is 2.23. The number of aromatic nitrogens is 1. The van der Waals surface area contributed by atoms with Gasteiger partial charge in [-0.05, 0) is 19.9 Å². The summed E-state index contributed by atoms with van der Waals surface area (Å²) in [6.07, 6.45) is 1.05. The molecule has 0 amide bonds. The maximum absolute atomic E-state index is 4.63.